The number of hydrogen-bond acceptors (Lipinski definition) is 3. The van der Waals surface area contributed by atoms with Gasteiger partial charge in [-0.3, -0.25) is 14.6 Å². The van der Waals surface area contributed by atoms with Crippen molar-refractivity contribution >= 4 is 11.9 Å². The van der Waals surface area contributed by atoms with Gasteiger partial charge >= 0.3 is 5.97 Å². The van der Waals surface area contributed by atoms with Crippen LogP contribution >= 0.6 is 0 Å². The van der Waals surface area contributed by atoms with Gasteiger partial charge < -0.3 is 10.4 Å². The van der Waals surface area contributed by atoms with Crippen LogP contribution in [0.25, 0.3) is 0 Å². The molecular weight excluding hydrogens is 292 g/mol. The van der Waals surface area contributed by atoms with Crippen molar-refractivity contribution in [2.75, 3.05) is 0 Å². The van der Waals surface area contributed by atoms with Gasteiger partial charge in [0.1, 0.15) is 0 Å². The van der Waals surface area contributed by atoms with E-state index in [2.05, 4.69) is 10.3 Å². The summed E-state index contributed by atoms with van der Waals surface area (Å²) in [7, 11) is 0. The molecule has 0 spiro atoms. The summed E-state index contributed by atoms with van der Waals surface area (Å²) in [6, 6.07) is 5.54. The van der Waals surface area contributed by atoms with Gasteiger partial charge in [-0.05, 0) is 50.7 Å². The van der Waals surface area contributed by atoms with Crippen LogP contribution in [0, 0.1) is 23.7 Å². The van der Waals surface area contributed by atoms with Gasteiger partial charge in [0.05, 0.1) is 24.1 Å². The molecule has 23 heavy (non-hydrogen) atoms. The van der Waals surface area contributed by atoms with Gasteiger partial charge in [0, 0.05) is 6.20 Å². The number of carboxylic acid groups (broad SMARTS) is 1. The number of nitrogens with zero attached hydrogens (tertiary/aromatic N) is 1. The number of rotatable bonds is 4. The number of allylic oxidation sites excluding steroid dienone is 2. The molecule has 0 radical (unpaired) electrons. The third-order valence-electron chi connectivity index (χ3n) is 5.18. The lowest BCUT2D eigenvalue weighted by atomic mass is 9.78. The Labute approximate surface area is 135 Å². The number of nitrogens with one attached hydrogen (secondary N) is 1. The lowest BCUT2D eigenvalue weighted by Crippen LogP contribution is -2.41. The molecular formula is C18H22N2O3. The van der Waals surface area contributed by atoms with E-state index >= 15 is 0 Å². The highest BCUT2D eigenvalue weighted by Gasteiger charge is 2.57. The Morgan fingerprint density at radius 1 is 1.22 bits per heavy atom. The summed E-state index contributed by atoms with van der Waals surface area (Å²) in [6.45, 7) is 4.38. The average Bonchev–Trinajstić information content (AvgIpc) is 3.09. The van der Waals surface area contributed by atoms with Gasteiger partial charge in [0.25, 0.3) is 0 Å². The summed E-state index contributed by atoms with van der Waals surface area (Å²) in [6.07, 6.45) is 3.48. The van der Waals surface area contributed by atoms with E-state index in [1.165, 1.54) is 11.1 Å². The first-order valence-electron chi connectivity index (χ1n) is 8.08. The highest BCUT2D eigenvalue weighted by molar-refractivity contribution is 5.87. The molecule has 5 nitrogen and oxygen atoms in total. The number of carbonyl (C=O) groups excluding carboxylic acids is 1. The first-order valence-corrected chi connectivity index (χ1v) is 8.08. The van der Waals surface area contributed by atoms with Gasteiger partial charge in [-0.15, -0.1) is 0 Å². The van der Waals surface area contributed by atoms with Gasteiger partial charge in [-0.25, -0.2) is 0 Å². The minimum Gasteiger partial charge on any atom is -0.481 e. The molecule has 2 saturated carbocycles. The molecule has 0 aromatic carbocycles. The van der Waals surface area contributed by atoms with E-state index in [-0.39, 0.29) is 17.7 Å². The van der Waals surface area contributed by atoms with Crippen molar-refractivity contribution in [2.45, 2.75) is 33.2 Å². The Hall–Kier alpha value is -2.17. The third kappa shape index (κ3) is 2.76. The molecule has 1 aromatic heterocycles. The topological polar surface area (TPSA) is 79.3 Å². The second-order valence-electron chi connectivity index (χ2n) is 6.67. The van der Waals surface area contributed by atoms with Crippen molar-refractivity contribution < 1.29 is 14.7 Å². The van der Waals surface area contributed by atoms with Crippen molar-refractivity contribution in [2.24, 2.45) is 23.7 Å². The Bertz CT molecular complexity index is 649. The number of fused-ring (bicyclic) bond motifs is 2. The van der Waals surface area contributed by atoms with Crippen molar-refractivity contribution in [3.05, 3.63) is 41.2 Å². The third-order valence-corrected chi connectivity index (χ3v) is 5.18. The van der Waals surface area contributed by atoms with Crippen LogP contribution < -0.4 is 5.32 Å². The maximum Gasteiger partial charge on any atom is 0.307 e. The van der Waals surface area contributed by atoms with E-state index < -0.39 is 17.8 Å². The fourth-order valence-corrected chi connectivity index (χ4v) is 4.40. The molecule has 0 saturated heterocycles. The quantitative estimate of drug-likeness (QED) is 0.836. The van der Waals surface area contributed by atoms with Gasteiger partial charge in [-0.1, -0.05) is 17.2 Å². The number of aliphatic carboxylic acids is 1. The van der Waals surface area contributed by atoms with E-state index in [9.17, 15) is 14.7 Å². The summed E-state index contributed by atoms with van der Waals surface area (Å²) < 4.78 is 0. The highest BCUT2D eigenvalue weighted by atomic mass is 16.4. The lowest BCUT2D eigenvalue weighted by molar-refractivity contribution is -0.149. The zero-order chi connectivity index (χ0) is 16.6. The smallest absolute Gasteiger partial charge is 0.307 e. The van der Waals surface area contributed by atoms with E-state index in [4.69, 9.17) is 0 Å². The number of carbonyl (C=O) groups is 2. The van der Waals surface area contributed by atoms with Crippen LogP contribution in [0.2, 0.25) is 0 Å². The molecule has 1 heterocycles. The first kappa shape index (κ1) is 15.7. The maximum atomic E-state index is 12.7. The van der Waals surface area contributed by atoms with Gasteiger partial charge in [0.2, 0.25) is 5.91 Å². The molecule has 2 aliphatic rings. The summed E-state index contributed by atoms with van der Waals surface area (Å²) in [5, 5.41) is 12.5. The standard InChI is InChI=1S/C18H22N2O3/c1-10(2)14-12-6-7-13(14)16(18(22)23)15(12)17(21)20-9-11-5-3-4-8-19-11/h3-5,8,12-13,15-16H,6-7,9H2,1-2H3,(H,20,21)(H,22,23)/t12-,13-,15-,16-/m1/s1. The molecule has 2 aliphatic carbocycles. The van der Waals surface area contributed by atoms with Gasteiger partial charge in [-0.2, -0.15) is 0 Å². The van der Waals surface area contributed by atoms with E-state index in [1.54, 1.807) is 6.20 Å². The normalized spacial score (nSPS) is 28.7. The first-order chi connectivity index (χ1) is 11.0. The fraction of sp³-hybridized carbons (Fsp3) is 0.500. The largest absolute Gasteiger partial charge is 0.481 e. The zero-order valence-electron chi connectivity index (χ0n) is 13.5. The van der Waals surface area contributed by atoms with Crippen molar-refractivity contribution in [1.29, 1.82) is 0 Å². The van der Waals surface area contributed by atoms with Crippen LogP contribution in [0.4, 0.5) is 0 Å². The zero-order valence-corrected chi connectivity index (χ0v) is 13.5. The van der Waals surface area contributed by atoms with Crippen LogP contribution in [-0.4, -0.2) is 22.0 Å². The van der Waals surface area contributed by atoms with Crippen LogP contribution in [0.5, 0.6) is 0 Å². The van der Waals surface area contributed by atoms with Crippen LogP contribution in [0.15, 0.2) is 35.5 Å². The molecule has 122 valence electrons. The molecule has 2 fully saturated rings. The van der Waals surface area contributed by atoms with E-state index in [0.29, 0.717) is 6.54 Å². The summed E-state index contributed by atoms with van der Waals surface area (Å²) >= 11 is 0. The Morgan fingerprint density at radius 3 is 2.48 bits per heavy atom. The second kappa shape index (κ2) is 6.14. The minimum atomic E-state index is -0.853. The van der Waals surface area contributed by atoms with Gasteiger partial charge in [0.15, 0.2) is 0 Å². The maximum absolute atomic E-state index is 12.7. The number of carboxylic acids is 1. The molecule has 2 bridgehead atoms. The van der Waals surface area contributed by atoms with Crippen LogP contribution in [-0.2, 0) is 16.1 Å². The number of hydrogen-bond donors (Lipinski definition) is 2. The minimum absolute atomic E-state index is 0.0214. The predicted molar refractivity (Wildman–Crippen MR) is 85.3 cm³/mol. The second-order valence-corrected chi connectivity index (χ2v) is 6.67. The van der Waals surface area contributed by atoms with Crippen LogP contribution in [0.1, 0.15) is 32.4 Å². The fourth-order valence-electron chi connectivity index (χ4n) is 4.40. The molecule has 2 N–H and O–H groups in total. The number of amides is 1. The molecule has 3 rings (SSSR count). The lowest BCUT2D eigenvalue weighted by Gasteiger charge is -2.26. The predicted octanol–water partition coefficient (Wildman–Crippen LogP) is 2.39. The monoisotopic (exact) mass is 314 g/mol. The Morgan fingerprint density at radius 2 is 1.91 bits per heavy atom. The molecule has 0 aliphatic heterocycles. The van der Waals surface area contributed by atoms with Crippen molar-refractivity contribution in [3.8, 4) is 0 Å². The average molecular weight is 314 g/mol. The molecule has 5 heteroatoms. The molecule has 0 unspecified atom stereocenters. The number of aromatic nitrogens is 1. The summed E-state index contributed by atoms with van der Waals surface area (Å²) in [5.74, 6) is -1.96. The number of pyridine rings is 1. The molecule has 1 aromatic rings. The van der Waals surface area contributed by atoms with E-state index in [1.807, 2.05) is 32.0 Å². The molecule has 4 atom stereocenters. The van der Waals surface area contributed by atoms with Crippen LogP contribution in [0.3, 0.4) is 0 Å². The molecule has 1 amide bonds. The Balaban J connectivity index is 1.79. The van der Waals surface area contributed by atoms with E-state index in [0.717, 1.165) is 18.5 Å². The SMILES string of the molecule is CC(C)=C1[C@H]2CC[C@H]1[C@@H](C(=O)NCc1ccccn1)[C@@H]2C(=O)O. The summed E-state index contributed by atoms with van der Waals surface area (Å²) in [5.41, 5.74) is 3.15. The summed E-state index contributed by atoms with van der Waals surface area (Å²) in [4.78, 5) is 28.6. The highest BCUT2D eigenvalue weighted by Crippen LogP contribution is 2.57. The Kier molecular flexibility index (Phi) is 4.20. The van der Waals surface area contributed by atoms with Crippen molar-refractivity contribution in [1.82, 2.24) is 10.3 Å². The van der Waals surface area contributed by atoms with Crippen molar-refractivity contribution in [3.63, 3.8) is 0 Å².